The molecular weight excluding hydrogens is 176 g/mol. The van der Waals surface area contributed by atoms with Crippen molar-refractivity contribution in [2.45, 2.75) is 47.1 Å². The lowest BCUT2D eigenvalue weighted by molar-refractivity contribution is -0.126. The molecule has 0 aliphatic carbocycles. The van der Waals surface area contributed by atoms with Gasteiger partial charge in [0.1, 0.15) is 5.78 Å². The Morgan fingerprint density at radius 2 is 1.79 bits per heavy atom. The van der Waals surface area contributed by atoms with Crippen molar-refractivity contribution >= 4 is 5.78 Å². The first-order valence-corrected chi connectivity index (χ1v) is 5.48. The van der Waals surface area contributed by atoms with E-state index < -0.39 is 0 Å². The molecule has 0 saturated carbocycles. The van der Waals surface area contributed by atoms with Crippen LogP contribution < -0.4 is 0 Å². The molecule has 0 aromatic carbocycles. The number of ketones is 1. The normalized spacial score (nSPS) is 19.9. The van der Waals surface area contributed by atoms with Crippen LogP contribution in [0, 0.1) is 17.8 Å². The summed E-state index contributed by atoms with van der Waals surface area (Å²) in [4.78, 5) is 11.3. The van der Waals surface area contributed by atoms with Crippen LogP contribution in [0.4, 0.5) is 0 Å². The maximum Gasteiger partial charge on any atom is 0.135 e. The minimum atomic E-state index is 0.00370. The van der Waals surface area contributed by atoms with Crippen molar-refractivity contribution in [1.29, 1.82) is 0 Å². The Labute approximate surface area is 88.0 Å². The van der Waals surface area contributed by atoms with Gasteiger partial charge in [-0.25, -0.2) is 0 Å². The Kier molecular flexibility index (Phi) is 6.01. The van der Waals surface area contributed by atoms with Crippen molar-refractivity contribution in [1.82, 2.24) is 0 Å². The summed E-state index contributed by atoms with van der Waals surface area (Å²) in [7, 11) is 1.70. The van der Waals surface area contributed by atoms with Crippen LogP contribution >= 0.6 is 0 Å². The fraction of sp³-hybridized carbons (Fsp3) is 0.917. The van der Waals surface area contributed by atoms with Crippen molar-refractivity contribution in [3.05, 3.63) is 0 Å². The van der Waals surface area contributed by atoms with Crippen LogP contribution in [0.3, 0.4) is 0 Å². The van der Waals surface area contributed by atoms with Gasteiger partial charge in [-0.05, 0) is 18.8 Å². The number of methoxy groups -OCH3 is 1. The van der Waals surface area contributed by atoms with E-state index in [-0.39, 0.29) is 17.8 Å². The molecule has 0 aromatic rings. The molecule has 0 rings (SSSR count). The number of rotatable bonds is 6. The third-order valence-electron chi connectivity index (χ3n) is 3.47. The highest BCUT2D eigenvalue weighted by Gasteiger charge is 2.28. The summed E-state index contributed by atoms with van der Waals surface area (Å²) in [6.45, 7) is 10.1. The second-order valence-electron chi connectivity index (χ2n) is 4.34. The smallest absolute Gasteiger partial charge is 0.135 e. The molecule has 0 radical (unpaired) electrons. The number of ether oxygens (including phenoxy) is 1. The maximum atomic E-state index is 11.3. The van der Waals surface area contributed by atoms with Gasteiger partial charge < -0.3 is 4.74 Å². The number of carbonyl (C=O) groups excluding carboxylic acids is 1. The van der Waals surface area contributed by atoms with Gasteiger partial charge in [-0.15, -0.1) is 0 Å². The van der Waals surface area contributed by atoms with Crippen molar-refractivity contribution in [2.24, 2.45) is 17.8 Å². The third kappa shape index (κ3) is 3.41. The zero-order valence-electron chi connectivity index (χ0n) is 10.3. The molecule has 0 spiro atoms. The zero-order valence-corrected chi connectivity index (χ0v) is 10.3. The van der Waals surface area contributed by atoms with Crippen LogP contribution in [-0.4, -0.2) is 19.0 Å². The average molecular weight is 200 g/mol. The van der Waals surface area contributed by atoms with Gasteiger partial charge in [0.25, 0.3) is 0 Å². The van der Waals surface area contributed by atoms with Crippen molar-refractivity contribution in [3.63, 3.8) is 0 Å². The maximum absolute atomic E-state index is 11.3. The Morgan fingerprint density at radius 1 is 1.29 bits per heavy atom. The fourth-order valence-electron chi connectivity index (χ4n) is 1.80. The molecule has 0 bridgehead atoms. The van der Waals surface area contributed by atoms with E-state index in [0.29, 0.717) is 11.8 Å². The van der Waals surface area contributed by atoms with E-state index >= 15 is 0 Å². The van der Waals surface area contributed by atoms with Gasteiger partial charge in [-0.3, -0.25) is 4.79 Å². The third-order valence-corrected chi connectivity index (χ3v) is 3.47. The minimum absolute atomic E-state index is 0.00370. The SMILES string of the molecule is CCC(C)C(C)C(OC)C(C)C(C)=O. The van der Waals surface area contributed by atoms with E-state index in [2.05, 4.69) is 20.8 Å². The second-order valence-corrected chi connectivity index (χ2v) is 4.34. The van der Waals surface area contributed by atoms with Gasteiger partial charge in [0, 0.05) is 13.0 Å². The van der Waals surface area contributed by atoms with E-state index in [1.807, 2.05) is 6.92 Å². The summed E-state index contributed by atoms with van der Waals surface area (Å²) in [5.74, 6) is 1.25. The molecule has 4 atom stereocenters. The summed E-state index contributed by atoms with van der Waals surface area (Å²) >= 11 is 0. The lowest BCUT2D eigenvalue weighted by Crippen LogP contribution is -2.35. The highest BCUT2D eigenvalue weighted by Crippen LogP contribution is 2.25. The van der Waals surface area contributed by atoms with Gasteiger partial charge in [-0.1, -0.05) is 34.1 Å². The molecule has 4 unspecified atom stereocenters. The topological polar surface area (TPSA) is 26.3 Å². The molecule has 0 saturated heterocycles. The second kappa shape index (κ2) is 6.18. The molecular formula is C12H24O2. The van der Waals surface area contributed by atoms with Gasteiger partial charge >= 0.3 is 0 Å². The van der Waals surface area contributed by atoms with Crippen molar-refractivity contribution < 1.29 is 9.53 Å². The molecule has 0 heterocycles. The van der Waals surface area contributed by atoms with Gasteiger partial charge in [0.2, 0.25) is 0 Å². The standard InChI is InChI=1S/C12H24O2/c1-7-8(2)9(3)12(14-6)10(4)11(5)13/h8-10,12H,7H2,1-6H3. The Hall–Kier alpha value is -0.370. The van der Waals surface area contributed by atoms with Crippen LogP contribution in [0.5, 0.6) is 0 Å². The van der Waals surface area contributed by atoms with Gasteiger partial charge in [0.05, 0.1) is 6.10 Å². The summed E-state index contributed by atoms with van der Waals surface area (Å²) < 4.78 is 5.44. The largest absolute Gasteiger partial charge is 0.380 e. The lowest BCUT2D eigenvalue weighted by atomic mass is 9.82. The molecule has 2 nitrogen and oxygen atoms in total. The molecule has 2 heteroatoms. The van der Waals surface area contributed by atoms with Crippen LogP contribution in [0.25, 0.3) is 0 Å². The monoisotopic (exact) mass is 200 g/mol. The number of Topliss-reactive ketones (excluding diaryl/α,β-unsaturated/α-hetero) is 1. The predicted molar refractivity (Wildman–Crippen MR) is 59.3 cm³/mol. The number of hydrogen-bond donors (Lipinski definition) is 0. The Morgan fingerprint density at radius 3 is 2.07 bits per heavy atom. The summed E-state index contributed by atoms with van der Waals surface area (Å²) in [5, 5.41) is 0. The lowest BCUT2D eigenvalue weighted by Gasteiger charge is -2.30. The first-order valence-electron chi connectivity index (χ1n) is 5.48. The quantitative estimate of drug-likeness (QED) is 0.659. The van der Waals surface area contributed by atoms with E-state index in [4.69, 9.17) is 4.74 Å². The predicted octanol–water partition coefficient (Wildman–Crippen LogP) is 2.91. The summed E-state index contributed by atoms with van der Waals surface area (Å²) in [6, 6.07) is 0. The molecule has 0 N–H and O–H groups in total. The van der Waals surface area contributed by atoms with E-state index in [1.54, 1.807) is 14.0 Å². The van der Waals surface area contributed by atoms with Crippen LogP contribution in [-0.2, 0) is 9.53 Å². The molecule has 0 aliphatic rings. The van der Waals surface area contributed by atoms with Crippen LogP contribution in [0.1, 0.15) is 41.0 Å². The van der Waals surface area contributed by atoms with E-state index in [9.17, 15) is 4.79 Å². The molecule has 84 valence electrons. The van der Waals surface area contributed by atoms with Crippen LogP contribution in [0.15, 0.2) is 0 Å². The van der Waals surface area contributed by atoms with E-state index in [0.717, 1.165) is 6.42 Å². The van der Waals surface area contributed by atoms with Gasteiger partial charge in [-0.2, -0.15) is 0 Å². The average Bonchev–Trinajstić information content (AvgIpc) is 2.17. The molecule has 0 aliphatic heterocycles. The summed E-state index contributed by atoms with van der Waals surface area (Å²) in [5.41, 5.74) is 0. The minimum Gasteiger partial charge on any atom is -0.380 e. The number of hydrogen-bond acceptors (Lipinski definition) is 2. The number of carbonyl (C=O) groups is 1. The molecule has 0 amide bonds. The fourth-order valence-corrected chi connectivity index (χ4v) is 1.80. The van der Waals surface area contributed by atoms with E-state index in [1.165, 1.54) is 0 Å². The molecule has 0 fully saturated rings. The highest BCUT2D eigenvalue weighted by atomic mass is 16.5. The van der Waals surface area contributed by atoms with Gasteiger partial charge in [0.15, 0.2) is 0 Å². The first-order chi connectivity index (χ1) is 6.45. The molecule has 0 aromatic heterocycles. The van der Waals surface area contributed by atoms with Crippen molar-refractivity contribution in [2.75, 3.05) is 7.11 Å². The van der Waals surface area contributed by atoms with Crippen molar-refractivity contribution in [3.8, 4) is 0 Å². The molecule has 14 heavy (non-hydrogen) atoms. The Bertz CT molecular complexity index is 177. The highest BCUT2D eigenvalue weighted by molar-refractivity contribution is 5.78. The first kappa shape index (κ1) is 13.6. The zero-order chi connectivity index (χ0) is 11.3. The summed E-state index contributed by atoms with van der Waals surface area (Å²) in [6.07, 6.45) is 1.19. The Balaban J connectivity index is 4.46. The van der Waals surface area contributed by atoms with Crippen LogP contribution in [0.2, 0.25) is 0 Å².